The zero-order chi connectivity index (χ0) is 16.0. The minimum Gasteiger partial charge on any atom is -0.543 e. The molecule has 3 rings (SSSR count). The standard InChI is InChI=1S/C13H15N3O4S2.Na/c1-5-7(3-21-13-15-14-4-22-13)10(12(19)20)16-9(5)8(6(2)17)11(16)18;/h4-6,8-9,17H,3H2,1-2H3,(H,19,20);/q;+1/p-1/t5-,6+,8+,9-;/m0./s1. The van der Waals surface area contributed by atoms with Crippen molar-refractivity contribution in [2.45, 2.75) is 30.3 Å². The maximum Gasteiger partial charge on any atom is 1.00 e. The Bertz CT molecular complexity index is 650. The van der Waals surface area contributed by atoms with Gasteiger partial charge in [0, 0.05) is 11.7 Å². The number of aliphatic carboxylic acids is 1. The van der Waals surface area contributed by atoms with Gasteiger partial charge in [0.1, 0.15) is 5.51 Å². The predicted molar refractivity (Wildman–Crippen MR) is 77.6 cm³/mol. The zero-order valence-electron chi connectivity index (χ0n) is 12.9. The van der Waals surface area contributed by atoms with Crippen LogP contribution in [0.1, 0.15) is 13.8 Å². The number of fused-ring (bicyclic) bond motifs is 1. The number of carbonyl (C=O) groups excluding carboxylic acids is 2. The van der Waals surface area contributed by atoms with Crippen LogP contribution in [-0.4, -0.2) is 50.0 Å². The van der Waals surface area contributed by atoms with Crippen molar-refractivity contribution in [2.75, 3.05) is 5.75 Å². The Morgan fingerprint density at radius 1 is 1.61 bits per heavy atom. The van der Waals surface area contributed by atoms with Gasteiger partial charge in [-0.25, -0.2) is 0 Å². The van der Waals surface area contributed by atoms with Crippen molar-refractivity contribution in [3.63, 3.8) is 0 Å². The summed E-state index contributed by atoms with van der Waals surface area (Å²) in [6, 6.07) is -0.301. The molecule has 23 heavy (non-hydrogen) atoms. The SMILES string of the molecule is C[C@@H](O)[C@H]1C(=O)N2C(C(=O)[O-])=C(CSc3nncs3)[C@H](C)[C@@H]12.[Na+]. The van der Waals surface area contributed by atoms with Crippen LogP contribution in [0.5, 0.6) is 0 Å². The van der Waals surface area contributed by atoms with E-state index >= 15 is 0 Å². The maximum atomic E-state index is 12.1. The van der Waals surface area contributed by atoms with Gasteiger partial charge in [-0.1, -0.05) is 30.0 Å². The molecular formula is C13H14N3NaO4S2. The molecule has 1 amide bonds. The second kappa shape index (κ2) is 7.20. The van der Waals surface area contributed by atoms with Crippen molar-refractivity contribution in [3.05, 3.63) is 16.8 Å². The molecule has 1 fully saturated rings. The first kappa shape index (κ1) is 18.9. The third kappa shape index (κ3) is 3.10. The van der Waals surface area contributed by atoms with Crippen LogP contribution in [0.4, 0.5) is 0 Å². The third-order valence-electron chi connectivity index (χ3n) is 4.20. The van der Waals surface area contributed by atoms with E-state index in [-0.39, 0.29) is 53.1 Å². The Morgan fingerprint density at radius 2 is 2.30 bits per heavy atom. The number of amides is 1. The summed E-state index contributed by atoms with van der Waals surface area (Å²) < 4.78 is 0.741. The van der Waals surface area contributed by atoms with Crippen molar-refractivity contribution in [3.8, 4) is 0 Å². The van der Waals surface area contributed by atoms with Gasteiger partial charge in [-0.2, -0.15) is 0 Å². The van der Waals surface area contributed by atoms with Crippen LogP contribution in [0.25, 0.3) is 0 Å². The Kier molecular flexibility index (Phi) is 5.91. The van der Waals surface area contributed by atoms with Gasteiger partial charge in [-0.15, -0.1) is 10.2 Å². The molecule has 2 aliphatic rings. The van der Waals surface area contributed by atoms with Crippen molar-refractivity contribution in [2.24, 2.45) is 11.8 Å². The van der Waals surface area contributed by atoms with Gasteiger partial charge < -0.3 is 19.9 Å². The van der Waals surface area contributed by atoms with Crippen molar-refractivity contribution in [1.29, 1.82) is 0 Å². The summed E-state index contributed by atoms with van der Waals surface area (Å²) in [7, 11) is 0. The average Bonchev–Trinajstić information content (AvgIpc) is 3.02. The summed E-state index contributed by atoms with van der Waals surface area (Å²) in [5.74, 6) is -1.97. The molecule has 7 nitrogen and oxygen atoms in total. The number of nitrogens with zero attached hydrogens (tertiary/aromatic N) is 3. The van der Waals surface area contributed by atoms with E-state index in [4.69, 9.17) is 0 Å². The number of hydrogen-bond acceptors (Lipinski definition) is 8. The molecule has 0 bridgehead atoms. The number of aliphatic hydroxyl groups is 1. The van der Waals surface area contributed by atoms with E-state index in [1.807, 2.05) is 6.92 Å². The van der Waals surface area contributed by atoms with Gasteiger partial charge >= 0.3 is 29.6 Å². The first-order chi connectivity index (χ1) is 10.4. The number of carbonyl (C=O) groups is 2. The minimum absolute atomic E-state index is 0. The number of aromatic nitrogens is 2. The average molecular weight is 363 g/mol. The van der Waals surface area contributed by atoms with E-state index in [1.54, 1.807) is 12.4 Å². The van der Waals surface area contributed by atoms with E-state index in [0.717, 1.165) is 4.34 Å². The van der Waals surface area contributed by atoms with Crippen LogP contribution in [0, 0.1) is 11.8 Å². The van der Waals surface area contributed by atoms with Crippen LogP contribution in [0.2, 0.25) is 0 Å². The zero-order valence-corrected chi connectivity index (χ0v) is 16.6. The first-order valence-corrected chi connectivity index (χ1v) is 8.64. The topological polar surface area (TPSA) is 106 Å². The van der Waals surface area contributed by atoms with Gasteiger partial charge in [0.25, 0.3) is 0 Å². The van der Waals surface area contributed by atoms with Crippen LogP contribution in [-0.2, 0) is 9.59 Å². The van der Waals surface area contributed by atoms with E-state index in [1.165, 1.54) is 28.0 Å². The summed E-state index contributed by atoms with van der Waals surface area (Å²) in [5.41, 5.74) is 2.22. The molecule has 0 aliphatic carbocycles. The Balaban J connectivity index is 0.00000192. The number of aliphatic hydroxyl groups excluding tert-OH is 1. The molecule has 118 valence electrons. The van der Waals surface area contributed by atoms with E-state index in [9.17, 15) is 19.8 Å². The van der Waals surface area contributed by atoms with Gasteiger partial charge in [-0.05, 0) is 12.5 Å². The molecule has 1 aromatic rings. The van der Waals surface area contributed by atoms with Gasteiger partial charge in [0.05, 0.1) is 29.7 Å². The second-order valence-electron chi connectivity index (χ2n) is 5.41. The molecule has 0 radical (unpaired) electrons. The monoisotopic (exact) mass is 363 g/mol. The summed E-state index contributed by atoms with van der Waals surface area (Å²) in [4.78, 5) is 24.9. The van der Waals surface area contributed by atoms with E-state index < -0.39 is 18.0 Å². The quantitative estimate of drug-likeness (QED) is 0.329. The smallest absolute Gasteiger partial charge is 0.543 e. The molecule has 2 aliphatic heterocycles. The van der Waals surface area contributed by atoms with Gasteiger partial charge in [0.2, 0.25) is 5.91 Å². The number of β-lactam (4-membered cyclic amide) rings is 1. The molecule has 1 N–H and O–H groups in total. The predicted octanol–water partition coefficient (Wildman–Crippen LogP) is -3.50. The molecule has 3 heterocycles. The van der Waals surface area contributed by atoms with E-state index in [2.05, 4.69) is 10.2 Å². The fraction of sp³-hybridized carbons (Fsp3) is 0.538. The molecule has 0 unspecified atom stereocenters. The number of thioether (sulfide) groups is 1. The number of carboxylic acid groups (broad SMARTS) is 1. The van der Waals surface area contributed by atoms with Gasteiger partial charge in [0.15, 0.2) is 4.34 Å². The fourth-order valence-corrected chi connectivity index (χ4v) is 4.83. The summed E-state index contributed by atoms with van der Waals surface area (Å²) in [6.07, 6.45) is -0.797. The largest absolute Gasteiger partial charge is 1.00 e. The van der Waals surface area contributed by atoms with E-state index in [0.29, 0.717) is 11.3 Å². The Labute approximate surface area is 163 Å². The molecule has 0 spiro atoms. The molecule has 10 heteroatoms. The Hall–Kier alpha value is -0.450. The van der Waals surface area contributed by atoms with Crippen molar-refractivity contribution in [1.82, 2.24) is 15.1 Å². The fourth-order valence-electron chi connectivity index (χ4n) is 3.19. The summed E-state index contributed by atoms with van der Waals surface area (Å²) in [6.45, 7) is 3.44. The molecule has 0 aromatic carbocycles. The summed E-state index contributed by atoms with van der Waals surface area (Å²) >= 11 is 2.76. The Morgan fingerprint density at radius 3 is 2.83 bits per heavy atom. The molecule has 1 aromatic heterocycles. The number of carboxylic acids is 1. The van der Waals surface area contributed by atoms with Crippen LogP contribution < -0.4 is 34.7 Å². The first-order valence-electron chi connectivity index (χ1n) is 6.78. The normalized spacial score (nSPS) is 27.3. The number of rotatable bonds is 5. The molecule has 4 atom stereocenters. The third-order valence-corrected chi connectivity index (χ3v) is 6.11. The maximum absolute atomic E-state index is 12.1. The molecular weight excluding hydrogens is 349 g/mol. The number of hydrogen-bond donors (Lipinski definition) is 1. The van der Waals surface area contributed by atoms with Crippen LogP contribution in [0.3, 0.4) is 0 Å². The minimum atomic E-state index is -1.35. The molecule has 0 saturated carbocycles. The van der Waals surface area contributed by atoms with Crippen LogP contribution in [0.15, 0.2) is 21.1 Å². The van der Waals surface area contributed by atoms with Crippen molar-refractivity contribution >= 4 is 35.0 Å². The van der Waals surface area contributed by atoms with Crippen molar-refractivity contribution < 1.29 is 49.4 Å². The molecule has 1 saturated heterocycles. The summed E-state index contributed by atoms with van der Waals surface area (Å²) in [5, 5.41) is 28.9. The second-order valence-corrected chi connectivity index (χ2v) is 7.46. The van der Waals surface area contributed by atoms with Gasteiger partial charge in [-0.3, -0.25) is 4.79 Å². The van der Waals surface area contributed by atoms with Crippen LogP contribution >= 0.6 is 23.1 Å².